The third-order valence-corrected chi connectivity index (χ3v) is 0.894. The van der Waals surface area contributed by atoms with Crippen LogP contribution in [0.1, 0.15) is 6.42 Å². The van der Waals surface area contributed by atoms with Gasteiger partial charge in [-0.15, -0.1) is 11.6 Å². The molecule has 31 valence electrons. The van der Waals surface area contributed by atoms with Crippen LogP contribution in [0.15, 0.2) is 0 Å². The Morgan fingerprint density at radius 2 is 2.40 bits per heavy atom. The number of halogens is 2. The first kappa shape index (κ1) is 5.77. The first-order valence-corrected chi connectivity index (χ1v) is 2.84. The summed E-state index contributed by atoms with van der Waals surface area (Å²) in [6.45, 7) is 0. The van der Waals surface area contributed by atoms with Crippen LogP contribution in [-0.4, -0.2) is 5.88 Å². The van der Waals surface area contributed by atoms with E-state index in [0.29, 0.717) is 5.88 Å². The SMILES string of the molecule is ClCC[CH]Br. The van der Waals surface area contributed by atoms with Gasteiger partial charge in [-0.05, 0) is 6.42 Å². The Hall–Kier alpha value is 0.770. The summed E-state index contributed by atoms with van der Waals surface area (Å²) >= 11 is 8.34. The van der Waals surface area contributed by atoms with Gasteiger partial charge in [0.05, 0.1) is 0 Å². The molecule has 0 aromatic rings. The lowest BCUT2D eigenvalue weighted by atomic mass is 10.6. The van der Waals surface area contributed by atoms with E-state index in [-0.39, 0.29) is 0 Å². The van der Waals surface area contributed by atoms with Gasteiger partial charge in [-0.25, -0.2) is 0 Å². The molecule has 0 amide bonds. The molecule has 0 aliphatic heterocycles. The summed E-state index contributed by atoms with van der Waals surface area (Å²) in [5, 5.41) is 1.86. The van der Waals surface area contributed by atoms with Gasteiger partial charge >= 0.3 is 0 Å². The fourth-order valence-electron chi connectivity index (χ4n) is 0.0412. The average molecular weight is 156 g/mol. The lowest BCUT2D eigenvalue weighted by Crippen LogP contribution is -1.63. The van der Waals surface area contributed by atoms with Crippen molar-refractivity contribution >= 4 is 27.5 Å². The maximum atomic E-state index is 5.24. The van der Waals surface area contributed by atoms with Gasteiger partial charge in [-0.2, -0.15) is 0 Å². The Morgan fingerprint density at radius 1 is 1.80 bits per heavy atom. The molecule has 0 aromatic carbocycles. The van der Waals surface area contributed by atoms with Gasteiger partial charge < -0.3 is 0 Å². The second kappa shape index (κ2) is 4.77. The second-order valence-electron chi connectivity index (χ2n) is 0.632. The Morgan fingerprint density at radius 3 is 2.40 bits per heavy atom. The molecule has 0 aromatic heterocycles. The molecule has 0 aliphatic carbocycles. The van der Waals surface area contributed by atoms with Crippen LogP contribution >= 0.6 is 27.5 Å². The molecule has 0 rings (SSSR count). The van der Waals surface area contributed by atoms with Gasteiger partial charge in [-0.3, -0.25) is 0 Å². The van der Waals surface area contributed by atoms with Crippen molar-refractivity contribution in [1.29, 1.82) is 0 Å². The number of hydrogen-bond donors (Lipinski definition) is 0. The number of alkyl halides is 1. The van der Waals surface area contributed by atoms with Crippen LogP contribution in [-0.2, 0) is 0 Å². The summed E-state index contributed by atoms with van der Waals surface area (Å²) in [5.74, 6) is 0.714. The highest BCUT2D eigenvalue weighted by Crippen LogP contribution is 1.94. The maximum Gasteiger partial charge on any atom is 0.0282 e. The van der Waals surface area contributed by atoms with Gasteiger partial charge in [0.1, 0.15) is 0 Å². The molecular weight excluding hydrogens is 151 g/mol. The van der Waals surface area contributed by atoms with Crippen LogP contribution in [0.5, 0.6) is 0 Å². The van der Waals surface area contributed by atoms with Crippen molar-refractivity contribution in [3.63, 3.8) is 0 Å². The van der Waals surface area contributed by atoms with E-state index < -0.39 is 0 Å². The van der Waals surface area contributed by atoms with E-state index in [9.17, 15) is 0 Å². The molecule has 0 heterocycles. The predicted octanol–water partition coefficient (Wildman–Crippen LogP) is 2.17. The normalized spacial score (nSPS) is 8.40. The highest BCUT2D eigenvalue weighted by molar-refractivity contribution is 9.10. The van der Waals surface area contributed by atoms with E-state index in [0.717, 1.165) is 6.42 Å². The van der Waals surface area contributed by atoms with Crippen molar-refractivity contribution in [3.8, 4) is 0 Å². The average Bonchev–Trinajstić information content (AvgIpc) is 1.41. The number of rotatable bonds is 2. The van der Waals surface area contributed by atoms with E-state index in [1.807, 2.05) is 5.33 Å². The van der Waals surface area contributed by atoms with E-state index in [4.69, 9.17) is 11.6 Å². The third kappa shape index (κ3) is 4.77. The van der Waals surface area contributed by atoms with E-state index in [2.05, 4.69) is 15.9 Å². The highest BCUT2D eigenvalue weighted by Gasteiger charge is 1.72. The predicted molar refractivity (Wildman–Crippen MR) is 28.6 cm³/mol. The standard InChI is InChI=1S/C3H5BrCl/c4-2-1-3-5/h2H,1,3H2. The van der Waals surface area contributed by atoms with Gasteiger partial charge in [0.15, 0.2) is 0 Å². The Kier molecular flexibility index (Phi) is 5.50. The molecular formula is C3H5BrCl. The fourth-order valence-corrected chi connectivity index (χ4v) is 0.643. The topological polar surface area (TPSA) is 0 Å². The monoisotopic (exact) mass is 155 g/mol. The molecule has 5 heavy (non-hydrogen) atoms. The Bertz CT molecular complexity index is 14.4. The zero-order valence-corrected chi connectivity index (χ0v) is 5.09. The zero-order chi connectivity index (χ0) is 4.12. The van der Waals surface area contributed by atoms with Crippen molar-refractivity contribution < 1.29 is 0 Å². The van der Waals surface area contributed by atoms with Gasteiger partial charge in [0, 0.05) is 11.2 Å². The molecule has 0 spiro atoms. The molecule has 0 saturated heterocycles. The zero-order valence-electron chi connectivity index (χ0n) is 2.75. The molecule has 0 nitrogen and oxygen atoms in total. The van der Waals surface area contributed by atoms with E-state index in [1.54, 1.807) is 0 Å². The van der Waals surface area contributed by atoms with Crippen LogP contribution in [0.2, 0.25) is 0 Å². The summed E-state index contributed by atoms with van der Waals surface area (Å²) in [7, 11) is 0. The quantitative estimate of drug-likeness (QED) is 0.538. The number of hydrogen-bond acceptors (Lipinski definition) is 0. The molecule has 0 aliphatic rings. The lowest BCUT2D eigenvalue weighted by molar-refractivity contribution is 1.22. The van der Waals surface area contributed by atoms with Gasteiger partial charge in [-0.1, -0.05) is 15.9 Å². The fraction of sp³-hybridized carbons (Fsp3) is 0.667. The van der Waals surface area contributed by atoms with Crippen LogP contribution < -0.4 is 0 Å². The first-order chi connectivity index (χ1) is 2.41. The van der Waals surface area contributed by atoms with Crippen LogP contribution in [0.3, 0.4) is 0 Å². The summed E-state index contributed by atoms with van der Waals surface area (Å²) in [6.07, 6.45) is 0.946. The van der Waals surface area contributed by atoms with E-state index >= 15 is 0 Å². The van der Waals surface area contributed by atoms with Gasteiger partial charge in [0.2, 0.25) is 0 Å². The van der Waals surface area contributed by atoms with Crippen molar-refractivity contribution in [2.45, 2.75) is 6.42 Å². The minimum Gasteiger partial charge on any atom is -0.127 e. The Balaban J connectivity index is 2.19. The Labute approximate surface area is 45.6 Å². The smallest absolute Gasteiger partial charge is 0.0282 e. The maximum absolute atomic E-state index is 5.24. The molecule has 0 unspecified atom stereocenters. The minimum atomic E-state index is 0.714. The van der Waals surface area contributed by atoms with Crippen molar-refractivity contribution in [2.75, 3.05) is 5.88 Å². The molecule has 1 radical (unpaired) electrons. The highest BCUT2D eigenvalue weighted by atomic mass is 79.9. The van der Waals surface area contributed by atoms with Crippen molar-refractivity contribution in [1.82, 2.24) is 0 Å². The molecule has 0 bridgehead atoms. The molecule has 0 atom stereocenters. The van der Waals surface area contributed by atoms with Gasteiger partial charge in [0.25, 0.3) is 0 Å². The molecule has 2 heteroatoms. The van der Waals surface area contributed by atoms with E-state index in [1.165, 1.54) is 0 Å². The van der Waals surface area contributed by atoms with Crippen LogP contribution in [0.25, 0.3) is 0 Å². The van der Waals surface area contributed by atoms with Crippen molar-refractivity contribution in [2.24, 2.45) is 0 Å². The van der Waals surface area contributed by atoms with Crippen LogP contribution in [0, 0.1) is 5.33 Å². The second-order valence-corrected chi connectivity index (χ2v) is 1.66. The largest absolute Gasteiger partial charge is 0.127 e. The summed E-state index contributed by atoms with van der Waals surface area (Å²) in [6, 6.07) is 0. The van der Waals surface area contributed by atoms with Crippen LogP contribution in [0.4, 0.5) is 0 Å². The molecule has 0 saturated carbocycles. The molecule has 0 N–H and O–H groups in total. The van der Waals surface area contributed by atoms with Crippen molar-refractivity contribution in [3.05, 3.63) is 5.33 Å². The summed E-state index contributed by atoms with van der Waals surface area (Å²) < 4.78 is 0. The summed E-state index contributed by atoms with van der Waals surface area (Å²) in [5.41, 5.74) is 0. The minimum absolute atomic E-state index is 0.714. The first-order valence-electron chi connectivity index (χ1n) is 1.39. The third-order valence-electron chi connectivity index (χ3n) is 0.218. The lowest BCUT2D eigenvalue weighted by Gasteiger charge is -1.75. The molecule has 0 fully saturated rings. The summed E-state index contributed by atoms with van der Waals surface area (Å²) in [4.78, 5) is 0.